The zero-order valence-corrected chi connectivity index (χ0v) is 41.0. The summed E-state index contributed by atoms with van der Waals surface area (Å²) < 4.78 is 0. The van der Waals surface area contributed by atoms with Gasteiger partial charge in [-0.25, -0.2) is 9.78 Å². The summed E-state index contributed by atoms with van der Waals surface area (Å²) in [5, 5.41) is 54.9. The van der Waals surface area contributed by atoms with Crippen LogP contribution < -0.4 is 60.2 Å². The van der Waals surface area contributed by atoms with Gasteiger partial charge in [-0.2, -0.15) is 12.6 Å². The molecule has 0 aliphatic carbocycles. The lowest BCUT2D eigenvalue weighted by Gasteiger charge is -2.30. The van der Waals surface area contributed by atoms with Crippen molar-refractivity contribution in [1.29, 1.82) is 0 Å². The Kier molecular flexibility index (Phi) is 26.8. The number of carboxylic acid groups (broad SMARTS) is 3. The van der Waals surface area contributed by atoms with Crippen molar-refractivity contribution < 1.29 is 78.0 Å². The number of unbranched alkanes of at least 4 members (excludes halogenated alkanes) is 2. The number of nitrogens with zero attached hydrogens (tertiary/aromatic N) is 2. The van der Waals surface area contributed by atoms with E-state index in [2.05, 4.69) is 54.5 Å². The predicted molar refractivity (Wildman–Crippen MR) is 256 cm³/mol. The van der Waals surface area contributed by atoms with Crippen LogP contribution in [0.25, 0.3) is 0 Å². The SMILES string of the molecule is C[C@@H](O)[C@H](NC(=O)[C@H](CCCCN)NC(=O)[C@H](CS)NC(=O)[C@@H]1CCCN1C(=O)[C@H](CCCCN)NC(=O)[C@@H](N)CC(N)=O)C(=O)N[C@@H](Cc1cnc[nH]1)C(=O)N[C@@H](CC(=O)O)C(=O)N[C@@H](CC(=O)O)C(=O)O. The van der Waals surface area contributed by atoms with Gasteiger partial charge in [0.25, 0.3) is 0 Å². The minimum absolute atomic E-state index is 0.0888. The molecule has 1 aromatic rings. The maximum atomic E-state index is 13.9. The van der Waals surface area contributed by atoms with Gasteiger partial charge in [-0.15, -0.1) is 0 Å². The second-order valence-corrected chi connectivity index (χ2v) is 17.5. The van der Waals surface area contributed by atoms with Crippen molar-refractivity contribution in [2.75, 3.05) is 25.4 Å². The number of aromatic nitrogens is 2. The summed E-state index contributed by atoms with van der Waals surface area (Å²) in [6, 6.07) is -14.1. The minimum atomic E-state index is -2.02. The first-order valence-electron chi connectivity index (χ1n) is 23.2. The highest BCUT2D eigenvalue weighted by Crippen LogP contribution is 2.21. The van der Waals surface area contributed by atoms with Crippen molar-refractivity contribution >= 4 is 83.7 Å². The fraction of sp³-hybridized carbons (Fsp3) is 0.643. The second-order valence-electron chi connectivity index (χ2n) is 17.1. The van der Waals surface area contributed by atoms with Gasteiger partial charge in [0, 0.05) is 30.6 Å². The van der Waals surface area contributed by atoms with Crippen LogP contribution in [0.2, 0.25) is 0 Å². The molecule has 10 atom stereocenters. The fourth-order valence-corrected chi connectivity index (χ4v) is 7.64. The Morgan fingerprint density at radius 2 is 1.22 bits per heavy atom. The van der Waals surface area contributed by atoms with Gasteiger partial charge < -0.3 is 90.5 Å². The molecular weight excluding hydrogens is 989 g/mol. The number of carboxylic acids is 3. The van der Waals surface area contributed by atoms with Gasteiger partial charge in [0.2, 0.25) is 53.2 Å². The standard InChI is InChI=1S/C42H68N14O16S/c1-20(57)33(40(69)52-25(13-21-17-47-19-48-21)36(65)51-26(15-31(59)60)37(66)53-27(42(71)72)16-32(61)62)55-35(64)23(7-2-4-10-43)49-38(67)28(18-73)54-39(68)29-9-6-12-56(29)41(70)24(8-3-5-11-44)50-34(63)22(45)14-30(46)58/h17,19-20,22-29,33,57,73H,2-16,18,43-45H2,1H3,(H2,46,58)(H,47,48)(H,49,67)(H,50,63)(H,51,65)(H,52,69)(H,53,66)(H,54,68)(H,55,64)(H,59,60)(H,61,62)(H,71,72)/t20-,22+,23+,24+,25+,26+,27+,28+,29+,33+/m1/s1. The van der Waals surface area contributed by atoms with Gasteiger partial charge in [0.15, 0.2) is 0 Å². The molecule has 1 aliphatic heterocycles. The molecule has 20 N–H and O–H groups in total. The molecule has 1 saturated heterocycles. The highest BCUT2D eigenvalue weighted by molar-refractivity contribution is 7.80. The van der Waals surface area contributed by atoms with E-state index in [1.54, 1.807) is 0 Å². The first kappa shape index (κ1) is 62.2. The van der Waals surface area contributed by atoms with Gasteiger partial charge in [-0.3, -0.25) is 52.7 Å². The van der Waals surface area contributed by atoms with Gasteiger partial charge >= 0.3 is 17.9 Å². The van der Waals surface area contributed by atoms with Crippen molar-refractivity contribution in [1.82, 2.24) is 52.1 Å². The number of primary amides is 1. The maximum Gasteiger partial charge on any atom is 0.326 e. The molecule has 1 aliphatic rings. The number of nitrogens with two attached hydrogens (primary N) is 4. The lowest BCUT2D eigenvalue weighted by molar-refractivity contribution is -0.148. The van der Waals surface area contributed by atoms with E-state index in [9.17, 15) is 72.9 Å². The van der Waals surface area contributed by atoms with Crippen LogP contribution in [0.15, 0.2) is 12.5 Å². The largest absolute Gasteiger partial charge is 0.481 e. The number of carbonyl (C=O) groups is 12. The molecule has 408 valence electrons. The number of nitrogens with one attached hydrogen (secondary N) is 8. The Morgan fingerprint density at radius 1 is 0.699 bits per heavy atom. The number of aliphatic carboxylic acids is 3. The monoisotopic (exact) mass is 1060 g/mol. The fourth-order valence-electron chi connectivity index (χ4n) is 7.39. The highest BCUT2D eigenvalue weighted by Gasteiger charge is 2.40. The van der Waals surface area contributed by atoms with Crippen LogP contribution in [-0.4, -0.2) is 192 Å². The van der Waals surface area contributed by atoms with Crippen molar-refractivity contribution in [3.05, 3.63) is 18.2 Å². The Morgan fingerprint density at radius 3 is 1.75 bits per heavy atom. The molecule has 0 aromatic carbocycles. The normalized spacial score (nSPS) is 16.8. The number of hydrogen-bond donors (Lipinski definition) is 17. The molecule has 0 radical (unpaired) electrons. The Bertz CT molecular complexity index is 2100. The minimum Gasteiger partial charge on any atom is -0.481 e. The summed E-state index contributed by atoms with van der Waals surface area (Å²) in [4.78, 5) is 162. The number of thiol groups is 1. The van der Waals surface area contributed by atoms with Crippen LogP contribution in [0.5, 0.6) is 0 Å². The van der Waals surface area contributed by atoms with Crippen LogP contribution >= 0.6 is 12.6 Å². The third-order valence-corrected chi connectivity index (χ3v) is 11.6. The van der Waals surface area contributed by atoms with E-state index in [4.69, 9.17) is 28.0 Å². The van der Waals surface area contributed by atoms with E-state index in [0.717, 1.165) is 6.92 Å². The number of aliphatic hydroxyl groups is 1. The van der Waals surface area contributed by atoms with E-state index < -0.39 is 157 Å². The van der Waals surface area contributed by atoms with E-state index >= 15 is 0 Å². The number of aromatic amines is 1. The van der Waals surface area contributed by atoms with Crippen molar-refractivity contribution in [3.63, 3.8) is 0 Å². The zero-order chi connectivity index (χ0) is 54.9. The molecule has 1 fully saturated rings. The Balaban J connectivity index is 2.32. The lowest BCUT2D eigenvalue weighted by atomic mass is 10.0. The third-order valence-electron chi connectivity index (χ3n) is 11.2. The van der Waals surface area contributed by atoms with Gasteiger partial charge in [-0.05, 0) is 71.4 Å². The number of aliphatic hydroxyl groups excluding tert-OH is 1. The van der Waals surface area contributed by atoms with Crippen LogP contribution in [0.3, 0.4) is 0 Å². The van der Waals surface area contributed by atoms with Crippen LogP contribution in [0.4, 0.5) is 0 Å². The summed E-state index contributed by atoms with van der Waals surface area (Å²) in [5.41, 5.74) is 22.5. The first-order chi connectivity index (χ1) is 34.4. The maximum absolute atomic E-state index is 13.9. The zero-order valence-electron chi connectivity index (χ0n) is 40.1. The Hall–Kier alpha value is -6.96. The van der Waals surface area contributed by atoms with E-state index in [0.29, 0.717) is 32.2 Å². The number of hydrogen-bond acceptors (Lipinski definition) is 18. The van der Waals surface area contributed by atoms with E-state index in [1.807, 2.05) is 5.32 Å². The summed E-state index contributed by atoms with van der Waals surface area (Å²) in [6.45, 7) is 1.69. The molecule has 2 heterocycles. The van der Waals surface area contributed by atoms with E-state index in [1.165, 1.54) is 17.4 Å². The Labute approximate surface area is 423 Å². The molecule has 0 unspecified atom stereocenters. The molecule has 2 rings (SSSR count). The topological polar surface area (TPSA) is 506 Å². The number of likely N-dealkylation sites (tertiary alicyclic amines) is 1. The average Bonchev–Trinajstić information content (AvgIpc) is 4.03. The van der Waals surface area contributed by atoms with Crippen LogP contribution in [0, 0.1) is 0 Å². The van der Waals surface area contributed by atoms with Crippen LogP contribution in [-0.2, 0) is 64.0 Å². The molecule has 31 heteroatoms. The summed E-state index contributed by atoms with van der Waals surface area (Å²) in [7, 11) is 0. The lowest BCUT2D eigenvalue weighted by Crippen LogP contribution is -2.62. The van der Waals surface area contributed by atoms with Crippen molar-refractivity contribution in [2.24, 2.45) is 22.9 Å². The molecule has 1 aromatic heterocycles. The first-order valence-corrected chi connectivity index (χ1v) is 23.9. The molecule has 0 spiro atoms. The van der Waals surface area contributed by atoms with E-state index in [-0.39, 0.29) is 50.2 Å². The summed E-state index contributed by atoms with van der Waals surface area (Å²) >= 11 is 4.23. The number of amides is 9. The smallest absolute Gasteiger partial charge is 0.326 e. The average molecular weight is 1060 g/mol. The number of imidazole rings is 1. The van der Waals surface area contributed by atoms with Crippen molar-refractivity contribution in [3.8, 4) is 0 Å². The quantitative estimate of drug-likeness (QED) is 0.0225. The molecule has 9 amide bonds. The molecule has 73 heavy (non-hydrogen) atoms. The summed E-state index contributed by atoms with van der Waals surface area (Å²) in [6.07, 6.45) is -0.275. The predicted octanol–water partition coefficient (Wildman–Crippen LogP) is -6.86. The molecule has 0 saturated carbocycles. The van der Waals surface area contributed by atoms with Gasteiger partial charge in [-0.1, -0.05) is 0 Å². The number of carbonyl (C=O) groups excluding carboxylic acids is 9. The van der Waals surface area contributed by atoms with Gasteiger partial charge in [0.05, 0.1) is 37.7 Å². The highest BCUT2D eigenvalue weighted by atomic mass is 32.1. The van der Waals surface area contributed by atoms with Crippen LogP contribution in [0.1, 0.15) is 83.2 Å². The molecule has 0 bridgehead atoms. The molecular formula is C42H68N14O16S. The number of rotatable bonds is 34. The number of H-pyrrole nitrogens is 1. The molecule has 30 nitrogen and oxygen atoms in total. The van der Waals surface area contributed by atoms with Gasteiger partial charge in [0.1, 0.15) is 48.3 Å². The second kappa shape index (κ2) is 31.5. The third kappa shape index (κ3) is 21.3. The summed E-state index contributed by atoms with van der Waals surface area (Å²) in [5.74, 6) is -14.2. The van der Waals surface area contributed by atoms with Crippen molar-refractivity contribution in [2.45, 2.75) is 144 Å².